The van der Waals surface area contributed by atoms with Gasteiger partial charge in [0.05, 0.1) is 5.88 Å². The lowest BCUT2D eigenvalue weighted by molar-refractivity contribution is -0.119. The molecule has 0 saturated carbocycles. The molecule has 1 aliphatic heterocycles. The third-order valence-electron chi connectivity index (χ3n) is 4.70. The highest BCUT2D eigenvalue weighted by Gasteiger charge is 2.35. The zero-order valence-corrected chi connectivity index (χ0v) is 15.5. The highest BCUT2D eigenvalue weighted by Crippen LogP contribution is 2.27. The topological polar surface area (TPSA) is 54.3 Å². The fourth-order valence-corrected chi connectivity index (χ4v) is 4.45. The standard InChI is InChI=1S/C20H18FN3O2S/c1-23-9-8-15-16(6-3-7-17(15)23)20(26)24-12-27-11-18(24)19(25)22-14-5-2-4-13(21)10-14/h2-10,18H,11-12H2,1H3,(H,22,25). The molecule has 138 valence electrons. The van der Waals surface area contributed by atoms with Crippen LogP contribution in [0.5, 0.6) is 0 Å². The van der Waals surface area contributed by atoms with Crippen LogP contribution in [0, 0.1) is 5.82 Å². The number of amides is 2. The number of hydrogen-bond donors (Lipinski definition) is 1. The maximum Gasteiger partial charge on any atom is 0.255 e. The molecule has 1 atom stereocenters. The largest absolute Gasteiger partial charge is 0.351 e. The monoisotopic (exact) mass is 383 g/mol. The van der Waals surface area contributed by atoms with Gasteiger partial charge in [-0.1, -0.05) is 12.1 Å². The summed E-state index contributed by atoms with van der Waals surface area (Å²) < 4.78 is 15.3. The summed E-state index contributed by atoms with van der Waals surface area (Å²) in [6, 6.07) is 12.6. The molecule has 0 aliphatic carbocycles. The lowest BCUT2D eigenvalue weighted by atomic mass is 10.1. The van der Waals surface area contributed by atoms with Gasteiger partial charge in [0.2, 0.25) is 5.91 Å². The summed E-state index contributed by atoms with van der Waals surface area (Å²) >= 11 is 1.53. The average molecular weight is 383 g/mol. The Bertz CT molecular complexity index is 1030. The number of aryl methyl sites for hydroxylation is 1. The van der Waals surface area contributed by atoms with E-state index in [0.29, 0.717) is 22.9 Å². The Morgan fingerprint density at radius 2 is 2.00 bits per heavy atom. The van der Waals surface area contributed by atoms with Crippen LogP contribution in [0.1, 0.15) is 10.4 Å². The summed E-state index contributed by atoms with van der Waals surface area (Å²) in [4.78, 5) is 27.4. The SMILES string of the molecule is Cn1ccc2c(C(=O)N3CSCC3C(=O)Nc3cccc(F)c3)cccc21. The molecule has 1 N–H and O–H groups in total. The number of halogens is 1. The number of nitrogens with zero attached hydrogens (tertiary/aromatic N) is 2. The molecule has 5 nitrogen and oxygen atoms in total. The van der Waals surface area contributed by atoms with Gasteiger partial charge in [-0.2, -0.15) is 0 Å². The lowest BCUT2D eigenvalue weighted by Gasteiger charge is -2.23. The number of hydrogen-bond acceptors (Lipinski definition) is 3. The summed E-state index contributed by atoms with van der Waals surface area (Å²) in [5.41, 5.74) is 1.93. The normalized spacial score (nSPS) is 16.7. The van der Waals surface area contributed by atoms with Crippen molar-refractivity contribution < 1.29 is 14.0 Å². The predicted molar refractivity (Wildman–Crippen MR) is 105 cm³/mol. The second kappa shape index (κ2) is 7.08. The minimum absolute atomic E-state index is 0.170. The molecule has 3 aromatic rings. The van der Waals surface area contributed by atoms with E-state index in [0.717, 1.165) is 10.9 Å². The summed E-state index contributed by atoms with van der Waals surface area (Å²) in [6.45, 7) is 0. The summed E-state index contributed by atoms with van der Waals surface area (Å²) in [6.07, 6.45) is 1.91. The van der Waals surface area contributed by atoms with Gasteiger partial charge < -0.3 is 14.8 Å². The van der Waals surface area contributed by atoms with Gasteiger partial charge in [0.25, 0.3) is 5.91 Å². The van der Waals surface area contributed by atoms with Crippen molar-refractivity contribution in [2.45, 2.75) is 6.04 Å². The Labute approximate surface area is 160 Å². The van der Waals surface area contributed by atoms with Crippen molar-refractivity contribution in [1.29, 1.82) is 0 Å². The van der Waals surface area contributed by atoms with E-state index in [1.807, 2.05) is 36.0 Å². The number of thioether (sulfide) groups is 1. The van der Waals surface area contributed by atoms with Crippen molar-refractivity contribution in [1.82, 2.24) is 9.47 Å². The maximum absolute atomic E-state index is 13.3. The van der Waals surface area contributed by atoms with Gasteiger partial charge >= 0.3 is 0 Å². The van der Waals surface area contributed by atoms with Gasteiger partial charge in [-0.15, -0.1) is 11.8 Å². The van der Waals surface area contributed by atoms with Gasteiger partial charge in [-0.05, 0) is 36.4 Å². The second-order valence-electron chi connectivity index (χ2n) is 6.46. The van der Waals surface area contributed by atoms with E-state index in [1.165, 1.54) is 30.0 Å². The van der Waals surface area contributed by atoms with Gasteiger partial charge in [-0.3, -0.25) is 9.59 Å². The maximum atomic E-state index is 13.3. The summed E-state index contributed by atoms with van der Waals surface area (Å²) in [7, 11) is 1.93. The van der Waals surface area contributed by atoms with Crippen LogP contribution in [0.4, 0.5) is 10.1 Å². The van der Waals surface area contributed by atoms with Crippen molar-refractivity contribution in [2.75, 3.05) is 16.9 Å². The van der Waals surface area contributed by atoms with E-state index in [4.69, 9.17) is 0 Å². The predicted octanol–water partition coefficient (Wildman–Crippen LogP) is 3.47. The number of carbonyl (C=O) groups is 2. The molecular formula is C20H18FN3O2S. The van der Waals surface area contributed by atoms with Gasteiger partial charge in [-0.25, -0.2) is 4.39 Å². The van der Waals surface area contributed by atoms with Crippen molar-refractivity contribution >= 4 is 40.2 Å². The van der Waals surface area contributed by atoms with E-state index in [2.05, 4.69) is 5.32 Å². The first kappa shape index (κ1) is 17.6. The molecule has 1 unspecified atom stereocenters. The Morgan fingerprint density at radius 3 is 2.81 bits per heavy atom. The molecule has 2 amide bonds. The fourth-order valence-electron chi connectivity index (χ4n) is 3.30. The van der Waals surface area contributed by atoms with Crippen LogP contribution in [-0.2, 0) is 11.8 Å². The first-order valence-electron chi connectivity index (χ1n) is 8.54. The van der Waals surface area contributed by atoms with Crippen LogP contribution in [0.2, 0.25) is 0 Å². The highest BCUT2D eigenvalue weighted by atomic mass is 32.2. The number of aromatic nitrogens is 1. The van der Waals surface area contributed by atoms with Crippen molar-refractivity contribution in [2.24, 2.45) is 7.05 Å². The molecule has 2 heterocycles. The Kier molecular flexibility index (Phi) is 4.61. The average Bonchev–Trinajstić information content (AvgIpc) is 3.28. The van der Waals surface area contributed by atoms with Crippen molar-refractivity contribution in [3.05, 3.63) is 66.1 Å². The van der Waals surface area contributed by atoms with Gasteiger partial charge in [0.15, 0.2) is 0 Å². The zero-order chi connectivity index (χ0) is 19.0. The van der Waals surface area contributed by atoms with Crippen LogP contribution < -0.4 is 5.32 Å². The molecule has 4 rings (SSSR count). The number of benzene rings is 2. The summed E-state index contributed by atoms with van der Waals surface area (Å²) in [5, 5.41) is 3.58. The molecule has 1 aromatic heterocycles. The molecule has 0 spiro atoms. The molecule has 0 bridgehead atoms. The molecule has 2 aromatic carbocycles. The Hall–Kier alpha value is -2.80. The van der Waals surface area contributed by atoms with E-state index >= 15 is 0 Å². The van der Waals surface area contributed by atoms with Crippen molar-refractivity contribution in [3.8, 4) is 0 Å². The highest BCUT2D eigenvalue weighted by molar-refractivity contribution is 7.99. The van der Waals surface area contributed by atoms with E-state index in [-0.39, 0.29) is 11.8 Å². The molecule has 1 fully saturated rings. The van der Waals surface area contributed by atoms with Crippen LogP contribution in [-0.4, -0.2) is 39.0 Å². The fraction of sp³-hybridized carbons (Fsp3) is 0.200. The second-order valence-corrected chi connectivity index (χ2v) is 7.46. The van der Waals surface area contributed by atoms with Gasteiger partial charge in [0, 0.05) is 41.2 Å². The molecule has 1 aliphatic rings. The van der Waals surface area contributed by atoms with Gasteiger partial charge in [0.1, 0.15) is 11.9 Å². The minimum atomic E-state index is -0.593. The third kappa shape index (κ3) is 3.30. The number of anilines is 1. The van der Waals surface area contributed by atoms with E-state index in [1.54, 1.807) is 17.0 Å². The van der Waals surface area contributed by atoms with E-state index in [9.17, 15) is 14.0 Å². The first-order valence-corrected chi connectivity index (χ1v) is 9.69. The molecule has 27 heavy (non-hydrogen) atoms. The quantitative estimate of drug-likeness (QED) is 0.754. The number of fused-ring (bicyclic) bond motifs is 1. The lowest BCUT2D eigenvalue weighted by Crippen LogP contribution is -2.44. The molecule has 0 radical (unpaired) electrons. The number of rotatable bonds is 3. The molecule has 1 saturated heterocycles. The van der Waals surface area contributed by atoms with Crippen LogP contribution in [0.25, 0.3) is 10.9 Å². The molecule has 7 heteroatoms. The van der Waals surface area contributed by atoms with E-state index < -0.39 is 11.9 Å². The van der Waals surface area contributed by atoms with Crippen molar-refractivity contribution in [3.63, 3.8) is 0 Å². The van der Waals surface area contributed by atoms with Crippen LogP contribution in [0.3, 0.4) is 0 Å². The third-order valence-corrected chi connectivity index (χ3v) is 5.71. The Balaban J connectivity index is 1.58. The number of carbonyl (C=O) groups excluding carboxylic acids is 2. The van der Waals surface area contributed by atoms with Crippen LogP contribution in [0.15, 0.2) is 54.7 Å². The first-order chi connectivity index (χ1) is 13.0. The van der Waals surface area contributed by atoms with Crippen LogP contribution >= 0.6 is 11.8 Å². The Morgan fingerprint density at radius 1 is 1.19 bits per heavy atom. The summed E-state index contributed by atoms with van der Waals surface area (Å²) in [5.74, 6) is 0.0636. The zero-order valence-electron chi connectivity index (χ0n) is 14.7. The molecular weight excluding hydrogens is 365 g/mol. The smallest absolute Gasteiger partial charge is 0.255 e. The number of nitrogens with one attached hydrogen (secondary N) is 1. The minimum Gasteiger partial charge on any atom is -0.351 e.